The van der Waals surface area contributed by atoms with E-state index in [2.05, 4.69) is 0 Å². The molecule has 1 aromatic rings. The SMILES string of the molecule is C[C@@H](N)CN(C)c1ccccc1F. The fourth-order valence-electron chi connectivity index (χ4n) is 1.29. The number of benzene rings is 1. The van der Waals surface area contributed by atoms with Crippen molar-refractivity contribution in [1.82, 2.24) is 0 Å². The van der Waals surface area contributed by atoms with Gasteiger partial charge in [-0.15, -0.1) is 0 Å². The lowest BCUT2D eigenvalue weighted by Gasteiger charge is -2.21. The predicted octanol–water partition coefficient (Wildman–Crippen LogP) is 1.61. The summed E-state index contributed by atoms with van der Waals surface area (Å²) in [5, 5.41) is 0. The van der Waals surface area contributed by atoms with Gasteiger partial charge in [-0.1, -0.05) is 12.1 Å². The number of para-hydroxylation sites is 1. The van der Waals surface area contributed by atoms with Gasteiger partial charge in [0, 0.05) is 19.6 Å². The molecule has 13 heavy (non-hydrogen) atoms. The summed E-state index contributed by atoms with van der Waals surface area (Å²) >= 11 is 0. The summed E-state index contributed by atoms with van der Waals surface area (Å²) in [6.07, 6.45) is 0. The van der Waals surface area contributed by atoms with Crippen LogP contribution in [0.1, 0.15) is 6.92 Å². The molecule has 0 amide bonds. The van der Waals surface area contributed by atoms with Crippen LogP contribution in [0.2, 0.25) is 0 Å². The first-order valence-corrected chi connectivity index (χ1v) is 4.32. The number of nitrogens with two attached hydrogens (primary N) is 1. The first-order valence-electron chi connectivity index (χ1n) is 4.32. The van der Waals surface area contributed by atoms with Gasteiger partial charge in [0.15, 0.2) is 0 Å². The van der Waals surface area contributed by atoms with E-state index in [0.29, 0.717) is 12.2 Å². The summed E-state index contributed by atoms with van der Waals surface area (Å²) in [5.74, 6) is -0.203. The van der Waals surface area contributed by atoms with Crippen molar-refractivity contribution in [1.29, 1.82) is 0 Å². The number of hydrogen-bond donors (Lipinski definition) is 1. The molecule has 0 saturated heterocycles. The Morgan fingerprint density at radius 3 is 2.62 bits per heavy atom. The van der Waals surface area contributed by atoms with Crippen molar-refractivity contribution in [2.24, 2.45) is 5.73 Å². The summed E-state index contributed by atoms with van der Waals surface area (Å²) < 4.78 is 13.2. The van der Waals surface area contributed by atoms with Gasteiger partial charge in [0.25, 0.3) is 0 Å². The maximum Gasteiger partial charge on any atom is 0.146 e. The third kappa shape index (κ3) is 2.70. The molecule has 0 spiro atoms. The van der Waals surface area contributed by atoms with Crippen LogP contribution in [0.15, 0.2) is 24.3 Å². The van der Waals surface area contributed by atoms with Crippen molar-refractivity contribution >= 4 is 5.69 Å². The molecule has 0 saturated carbocycles. The van der Waals surface area contributed by atoms with E-state index >= 15 is 0 Å². The van der Waals surface area contributed by atoms with E-state index in [4.69, 9.17) is 5.73 Å². The van der Waals surface area contributed by atoms with E-state index in [1.165, 1.54) is 6.07 Å². The maximum absolute atomic E-state index is 13.2. The normalized spacial score (nSPS) is 12.6. The third-order valence-electron chi connectivity index (χ3n) is 1.83. The number of hydrogen-bond acceptors (Lipinski definition) is 2. The Balaban J connectivity index is 2.76. The van der Waals surface area contributed by atoms with Crippen LogP contribution in [-0.4, -0.2) is 19.6 Å². The van der Waals surface area contributed by atoms with Crippen molar-refractivity contribution in [2.45, 2.75) is 13.0 Å². The molecule has 0 fully saturated rings. The van der Waals surface area contributed by atoms with Gasteiger partial charge in [-0.05, 0) is 19.1 Å². The minimum atomic E-state index is -0.203. The highest BCUT2D eigenvalue weighted by molar-refractivity contribution is 5.46. The average molecular weight is 182 g/mol. The average Bonchev–Trinajstić information content (AvgIpc) is 2.03. The first kappa shape index (κ1) is 9.99. The summed E-state index contributed by atoms with van der Waals surface area (Å²) in [4.78, 5) is 1.82. The van der Waals surface area contributed by atoms with Gasteiger partial charge >= 0.3 is 0 Å². The van der Waals surface area contributed by atoms with Crippen molar-refractivity contribution < 1.29 is 4.39 Å². The van der Waals surface area contributed by atoms with E-state index in [1.54, 1.807) is 12.1 Å². The fraction of sp³-hybridized carbons (Fsp3) is 0.400. The first-order chi connectivity index (χ1) is 6.11. The van der Waals surface area contributed by atoms with Gasteiger partial charge in [-0.25, -0.2) is 4.39 Å². The molecule has 0 aliphatic carbocycles. The van der Waals surface area contributed by atoms with Crippen LogP contribution in [-0.2, 0) is 0 Å². The molecule has 0 unspecified atom stereocenters. The van der Waals surface area contributed by atoms with Crippen LogP contribution in [0.4, 0.5) is 10.1 Å². The molecule has 72 valence electrons. The molecule has 0 aromatic heterocycles. The molecule has 3 heteroatoms. The van der Waals surface area contributed by atoms with Gasteiger partial charge in [0.2, 0.25) is 0 Å². The quantitative estimate of drug-likeness (QED) is 0.769. The van der Waals surface area contributed by atoms with E-state index < -0.39 is 0 Å². The molecule has 1 rings (SSSR count). The Kier molecular flexibility index (Phi) is 3.25. The molecule has 1 aromatic carbocycles. The van der Waals surface area contributed by atoms with Crippen molar-refractivity contribution in [3.63, 3.8) is 0 Å². The van der Waals surface area contributed by atoms with Crippen LogP contribution in [0, 0.1) is 5.82 Å². The van der Waals surface area contributed by atoms with Crippen LogP contribution in [0.3, 0.4) is 0 Å². The van der Waals surface area contributed by atoms with E-state index in [0.717, 1.165) is 0 Å². The molecular weight excluding hydrogens is 167 g/mol. The summed E-state index contributed by atoms with van der Waals surface area (Å²) in [6, 6.07) is 6.74. The second-order valence-corrected chi connectivity index (χ2v) is 3.31. The van der Waals surface area contributed by atoms with Crippen LogP contribution in [0.5, 0.6) is 0 Å². The van der Waals surface area contributed by atoms with Crippen molar-refractivity contribution in [2.75, 3.05) is 18.5 Å². The zero-order valence-corrected chi connectivity index (χ0v) is 8.00. The highest BCUT2D eigenvalue weighted by atomic mass is 19.1. The summed E-state index contributed by atoms with van der Waals surface area (Å²) in [6.45, 7) is 2.55. The van der Waals surface area contributed by atoms with Gasteiger partial charge in [-0.3, -0.25) is 0 Å². The Hall–Kier alpha value is -1.09. The Morgan fingerprint density at radius 1 is 1.46 bits per heavy atom. The minimum Gasteiger partial charge on any atom is -0.371 e. The Bertz CT molecular complexity index is 273. The molecule has 0 heterocycles. The van der Waals surface area contributed by atoms with Crippen LogP contribution in [0.25, 0.3) is 0 Å². The predicted molar refractivity (Wildman–Crippen MR) is 53.3 cm³/mol. The largest absolute Gasteiger partial charge is 0.371 e. The topological polar surface area (TPSA) is 29.3 Å². The highest BCUT2D eigenvalue weighted by Gasteiger charge is 2.07. The summed E-state index contributed by atoms with van der Waals surface area (Å²) in [5.41, 5.74) is 6.21. The molecular formula is C10H15FN2. The van der Waals surface area contributed by atoms with Crippen LogP contribution < -0.4 is 10.6 Å². The Labute approximate surface area is 78.2 Å². The van der Waals surface area contributed by atoms with Crippen LogP contribution >= 0.6 is 0 Å². The monoisotopic (exact) mass is 182 g/mol. The van der Waals surface area contributed by atoms with E-state index in [1.807, 2.05) is 24.9 Å². The molecule has 2 N–H and O–H groups in total. The minimum absolute atomic E-state index is 0.0459. The van der Waals surface area contributed by atoms with Gasteiger partial charge in [0.05, 0.1) is 5.69 Å². The number of nitrogens with zero attached hydrogens (tertiary/aromatic N) is 1. The lowest BCUT2D eigenvalue weighted by Crippen LogP contribution is -2.33. The molecule has 0 aliphatic rings. The van der Waals surface area contributed by atoms with Crippen molar-refractivity contribution in [3.8, 4) is 0 Å². The standard InChI is InChI=1S/C10H15FN2/c1-8(12)7-13(2)10-6-4-3-5-9(10)11/h3-6,8H,7,12H2,1-2H3/t8-/m1/s1. The highest BCUT2D eigenvalue weighted by Crippen LogP contribution is 2.16. The molecule has 0 radical (unpaired) electrons. The lowest BCUT2D eigenvalue weighted by molar-refractivity contribution is 0.616. The second kappa shape index (κ2) is 4.23. The second-order valence-electron chi connectivity index (χ2n) is 3.31. The number of likely N-dealkylation sites (N-methyl/N-ethyl adjacent to an activating group) is 1. The number of anilines is 1. The Morgan fingerprint density at radius 2 is 2.08 bits per heavy atom. The number of rotatable bonds is 3. The molecule has 0 bridgehead atoms. The maximum atomic E-state index is 13.2. The summed E-state index contributed by atoms with van der Waals surface area (Å²) in [7, 11) is 1.84. The number of halogens is 1. The van der Waals surface area contributed by atoms with Gasteiger partial charge < -0.3 is 10.6 Å². The fourth-order valence-corrected chi connectivity index (χ4v) is 1.29. The smallest absolute Gasteiger partial charge is 0.146 e. The molecule has 2 nitrogen and oxygen atoms in total. The van der Waals surface area contributed by atoms with E-state index in [9.17, 15) is 4.39 Å². The van der Waals surface area contributed by atoms with E-state index in [-0.39, 0.29) is 11.9 Å². The zero-order chi connectivity index (χ0) is 9.84. The van der Waals surface area contributed by atoms with Gasteiger partial charge in [-0.2, -0.15) is 0 Å². The lowest BCUT2D eigenvalue weighted by atomic mass is 10.2. The van der Waals surface area contributed by atoms with Crippen molar-refractivity contribution in [3.05, 3.63) is 30.1 Å². The zero-order valence-electron chi connectivity index (χ0n) is 8.00. The van der Waals surface area contributed by atoms with Gasteiger partial charge in [0.1, 0.15) is 5.82 Å². The third-order valence-corrected chi connectivity index (χ3v) is 1.83. The molecule has 1 atom stereocenters. The molecule has 0 aliphatic heterocycles.